The number of hydrogen-bond acceptors (Lipinski definition) is 7. The summed E-state index contributed by atoms with van der Waals surface area (Å²) >= 11 is 3.19. The minimum absolute atomic E-state index is 0.0156. The lowest BCUT2D eigenvalue weighted by molar-refractivity contribution is 0.0495. The van der Waals surface area contributed by atoms with Crippen LogP contribution in [0.25, 0.3) is 0 Å². The standard InChI is InChI=1S/C15H25BrN6O2/c1-14(2,3)24-13(23)18-9-15(4)5-7-22(8-6-15)12-19-11(17)10(16)20-21-12/h5-9H2,1-4H3,(H,18,23)(H2,17,19,21). The molecule has 3 N–H and O–H groups in total. The number of alkyl carbamates (subject to hydrolysis) is 1. The molecule has 134 valence electrons. The lowest BCUT2D eigenvalue weighted by Gasteiger charge is -2.39. The van der Waals surface area contributed by atoms with Gasteiger partial charge in [0.05, 0.1) is 0 Å². The van der Waals surface area contributed by atoms with E-state index >= 15 is 0 Å². The maximum Gasteiger partial charge on any atom is 0.407 e. The fourth-order valence-electron chi connectivity index (χ4n) is 2.47. The largest absolute Gasteiger partial charge is 0.444 e. The van der Waals surface area contributed by atoms with E-state index in [2.05, 4.69) is 48.3 Å². The number of hydrogen-bond donors (Lipinski definition) is 2. The Kier molecular flexibility index (Phi) is 5.52. The highest BCUT2D eigenvalue weighted by Gasteiger charge is 2.32. The highest BCUT2D eigenvalue weighted by molar-refractivity contribution is 9.10. The van der Waals surface area contributed by atoms with Gasteiger partial charge in [-0.2, -0.15) is 4.98 Å². The first-order chi connectivity index (χ1) is 11.1. The molecule has 2 rings (SSSR count). The first kappa shape index (κ1) is 18.7. The average molecular weight is 401 g/mol. The molecule has 1 aliphatic rings. The van der Waals surface area contributed by atoms with Crippen molar-refractivity contribution in [1.29, 1.82) is 0 Å². The summed E-state index contributed by atoms with van der Waals surface area (Å²) in [6.45, 7) is 9.87. The van der Waals surface area contributed by atoms with Crippen molar-refractivity contribution < 1.29 is 9.53 Å². The molecule has 2 heterocycles. The number of anilines is 2. The predicted octanol–water partition coefficient (Wildman–Crippen LogP) is 2.35. The van der Waals surface area contributed by atoms with Gasteiger partial charge in [0.25, 0.3) is 0 Å². The number of ether oxygens (including phenoxy) is 1. The molecular weight excluding hydrogens is 376 g/mol. The number of carbonyl (C=O) groups excluding carboxylic acids is 1. The molecule has 8 nitrogen and oxygen atoms in total. The zero-order valence-electron chi connectivity index (χ0n) is 14.6. The van der Waals surface area contributed by atoms with Gasteiger partial charge >= 0.3 is 6.09 Å². The predicted molar refractivity (Wildman–Crippen MR) is 95.7 cm³/mol. The summed E-state index contributed by atoms with van der Waals surface area (Å²) in [5.41, 5.74) is 5.29. The van der Waals surface area contributed by atoms with Gasteiger partial charge in [-0.1, -0.05) is 6.92 Å². The van der Waals surface area contributed by atoms with E-state index in [4.69, 9.17) is 10.5 Å². The van der Waals surface area contributed by atoms with E-state index in [-0.39, 0.29) is 11.5 Å². The van der Waals surface area contributed by atoms with Gasteiger partial charge in [-0.3, -0.25) is 0 Å². The quantitative estimate of drug-likeness (QED) is 0.801. The van der Waals surface area contributed by atoms with E-state index in [1.165, 1.54) is 0 Å². The second-order valence-electron chi connectivity index (χ2n) is 7.44. The lowest BCUT2D eigenvalue weighted by atomic mass is 9.80. The second kappa shape index (κ2) is 7.08. The van der Waals surface area contributed by atoms with Crippen LogP contribution in [0.4, 0.5) is 16.6 Å². The number of nitrogen functional groups attached to an aromatic ring is 1. The summed E-state index contributed by atoms with van der Waals surface area (Å²) in [7, 11) is 0. The maximum atomic E-state index is 11.8. The highest BCUT2D eigenvalue weighted by atomic mass is 79.9. The first-order valence-electron chi connectivity index (χ1n) is 7.95. The number of aromatic nitrogens is 3. The smallest absolute Gasteiger partial charge is 0.407 e. The molecule has 0 atom stereocenters. The molecule has 0 spiro atoms. The number of nitrogens with one attached hydrogen (secondary N) is 1. The normalized spacial score (nSPS) is 17.5. The van der Waals surface area contributed by atoms with Gasteiger partial charge in [0.15, 0.2) is 10.4 Å². The Morgan fingerprint density at radius 2 is 2.00 bits per heavy atom. The molecule has 0 saturated carbocycles. The lowest BCUT2D eigenvalue weighted by Crippen LogP contribution is -2.46. The van der Waals surface area contributed by atoms with Crippen LogP contribution in [0.5, 0.6) is 0 Å². The van der Waals surface area contributed by atoms with Crippen LogP contribution < -0.4 is 16.0 Å². The van der Waals surface area contributed by atoms with E-state index in [9.17, 15) is 4.79 Å². The molecule has 0 aromatic carbocycles. The molecule has 24 heavy (non-hydrogen) atoms. The van der Waals surface area contributed by atoms with Crippen LogP contribution in [0, 0.1) is 5.41 Å². The zero-order valence-corrected chi connectivity index (χ0v) is 16.2. The molecule has 1 aromatic heterocycles. The van der Waals surface area contributed by atoms with Crippen molar-refractivity contribution >= 4 is 33.8 Å². The van der Waals surface area contributed by atoms with Gasteiger partial charge in [-0.05, 0) is 55.0 Å². The van der Waals surface area contributed by atoms with Crippen LogP contribution in [0.15, 0.2) is 4.60 Å². The number of piperidine rings is 1. The van der Waals surface area contributed by atoms with Gasteiger partial charge < -0.3 is 20.7 Å². The van der Waals surface area contributed by atoms with Crippen LogP contribution >= 0.6 is 15.9 Å². The molecule has 1 fully saturated rings. The van der Waals surface area contributed by atoms with Crippen molar-refractivity contribution in [1.82, 2.24) is 20.5 Å². The van der Waals surface area contributed by atoms with Gasteiger partial charge in [-0.25, -0.2) is 4.79 Å². The minimum atomic E-state index is -0.486. The minimum Gasteiger partial charge on any atom is -0.444 e. The number of halogens is 1. The SMILES string of the molecule is CC1(CNC(=O)OC(C)(C)C)CCN(c2nnc(Br)c(N)n2)CC1. The van der Waals surface area contributed by atoms with Crippen molar-refractivity contribution in [3.8, 4) is 0 Å². The molecule has 1 aromatic rings. The Morgan fingerprint density at radius 3 is 2.54 bits per heavy atom. The van der Waals surface area contributed by atoms with Crippen LogP contribution in [0.2, 0.25) is 0 Å². The number of carbonyl (C=O) groups is 1. The summed E-state index contributed by atoms with van der Waals surface area (Å²) < 4.78 is 5.73. The summed E-state index contributed by atoms with van der Waals surface area (Å²) in [5, 5.41) is 10.9. The van der Waals surface area contributed by atoms with Gasteiger partial charge in [0, 0.05) is 19.6 Å². The van der Waals surface area contributed by atoms with Crippen molar-refractivity contribution in [2.75, 3.05) is 30.3 Å². The monoisotopic (exact) mass is 400 g/mol. The van der Waals surface area contributed by atoms with Gasteiger partial charge in [-0.15, -0.1) is 10.2 Å². The van der Waals surface area contributed by atoms with Crippen LogP contribution in [0.3, 0.4) is 0 Å². The Balaban J connectivity index is 1.86. The first-order valence-corrected chi connectivity index (χ1v) is 8.75. The van der Waals surface area contributed by atoms with E-state index in [0.29, 0.717) is 22.9 Å². The number of nitrogens with two attached hydrogens (primary N) is 1. The fourth-order valence-corrected chi connectivity index (χ4v) is 2.64. The van der Waals surface area contributed by atoms with Crippen molar-refractivity contribution in [3.05, 3.63) is 4.60 Å². The van der Waals surface area contributed by atoms with Gasteiger partial charge in [0.2, 0.25) is 5.95 Å². The third-order valence-corrected chi connectivity index (χ3v) is 4.54. The van der Waals surface area contributed by atoms with E-state index < -0.39 is 5.60 Å². The molecule has 0 unspecified atom stereocenters. The zero-order chi connectivity index (χ0) is 18.0. The molecule has 0 radical (unpaired) electrons. The third kappa shape index (κ3) is 5.19. The second-order valence-corrected chi connectivity index (χ2v) is 8.19. The number of rotatable bonds is 3. The highest BCUT2D eigenvalue weighted by Crippen LogP contribution is 2.31. The Labute approximate surface area is 150 Å². The molecular formula is C15H25BrN6O2. The van der Waals surface area contributed by atoms with Crippen molar-refractivity contribution in [3.63, 3.8) is 0 Å². The molecule has 1 aliphatic heterocycles. The molecule has 1 saturated heterocycles. The number of amides is 1. The topological polar surface area (TPSA) is 106 Å². The summed E-state index contributed by atoms with van der Waals surface area (Å²) in [6, 6.07) is 0. The van der Waals surface area contributed by atoms with E-state index in [1.54, 1.807) is 0 Å². The Hall–Kier alpha value is -1.64. The molecule has 0 aliphatic carbocycles. The Morgan fingerprint density at radius 1 is 1.38 bits per heavy atom. The maximum absolute atomic E-state index is 11.8. The third-order valence-electron chi connectivity index (χ3n) is 3.97. The van der Waals surface area contributed by atoms with Crippen LogP contribution in [0.1, 0.15) is 40.5 Å². The van der Waals surface area contributed by atoms with Gasteiger partial charge in [0.1, 0.15) is 5.60 Å². The fraction of sp³-hybridized carbons (Fsp3) is 0.733. The molecule has 9 heteroatoms. The van der Waals surface area contributed by atoms with E-state index in [1.807, 2.05) is 20.8 Å². The number of nitrogens with zero attached hydrogens (tertiary/aromatic N) is 4. The molecule has 1 amide bonds. The average Bonchev–Trinajstić information content (AvgIpc) is 2.47. The van der Waals surface area contributed by atoms with E-state index in [0.717, 1.165) is 25.9 Å². The summed E-state index contributed by atoms with van der Waals surface area (Å²) in [4.78, 5) is 18.1. The summed E-state index contributed by atoms with van der Waals surface area (Å²) in [5.74, 6) is 0.873. The Bertz CT molecular complexity index is 596. The van der Waals surface area contributed by atoms with Crippen molar-refractivity contribution in [2.24, 2.45) is 5.41 Å². The van der Waals surface area contributed by atoms with Crippen LogP contribution in [-0.4, -0.2) is 46.5 Å². The molecule has 0 bridgehead atoms. The summed E-state index contributed by atoms with van der Waals surface area (Å²) in [6.07, 6.45) is 1.43. The van der Waals surface area contributed by atoms with Crippen LogP contribution in [-0.2, 0) is 4.74 Å². The van der Waals surface area contributed by atoms with Crippen molar-refractivity contribution in [2.45, 2.75) is 46.1 Å².